The van der Waals surface area contributed by atoms with Crippen molar-refractivity contribution in [1.29, 1.82) is 0 Å². The Kier molecular flexibility index (Phi) is 0.646. The number of rotatable bonds is 0. The molecule has 2 rings (SSSR count). The average Bonchev–Trinajstić information content (AvgIpc) is 2.36. The smallest absolute Gasteiger partial charge is 0.0661 e. The summed E-state index contributed by atoms with van der Waals surface area (Å²) in [6.45, 7) is 0. The maximum absolute atomic E-state index is 7.39. The number of nitrogens with zero attached hydrogens (tertiary/aromatic N) is 1. The van der Waals surface area contributed by atoms with Gasteiger partial charge in [0.05, 0.1) is 1.37 Å². The van der Waals surface area contributed by atoms with Crippen LogP contribution in [-0.2, 0) is 0 Å². The molecular weight excluding hydrogens is 112 g/mol. The van der Waals surface area contributed by atoms with Gasteiger partial charge in [-0.2, -0.15) is 0 Å². The molecule has 0 aromatic carbocycles. The fraction of sp³-hybridized carbons (Fsp3) is 0. The molecule has 0 fully saturated rings. The highest BCUT2D eigenvalue weighted by atomic mass is 14.7. The second-order valence-electron chi connectivity index (χ2n) is 1.86. The second kappa shape index (κ2) is 1.58. The van der Waals surface area contributed by atoms with E-state index in [1.54, 1.807) is 6.20 Å². The fourth-order valence-electron chi connectivity index (χ4n) is 0.833. The molecule has 2 nitrogen and oxygen atoms in total. The first-order valence-electron chi connectivity index (χ1n) is 3.25. The monoisotopic (exact) mass is 119 g/mol. The molecule has 0 radical (unpaired) electrons. The SMILES string of the molecule is [2H]c1cncc2cc[nH]c12. The first-order valence-corrected chi connectivity index (χ1v) is 2.75. The van der Waals surface area contributed by atoms with Crippen molar-refractivity contribution in [2.75, 3.05) is 0 Å². The minimum atomic E-state index is 0.447. The lowest BCUT2D eigenvalue weighted by molar-refractivity contribution is 1.36. The molecule has 0 aliphatic rings. The van der Waals surface area contributed by atoms with Gasteiger partial charge in [0.15, 0.2) is 0 Å². The quantitative estimate of drug-likeness (QED) is 0.560. The molecule has 0 bridgehead atoms. The Hall–Kier alpha value is -1.31. The van der Waals surface area contributed by atoms with Crippen LogP contribution in [0.5, 0.6) is 0 Å². The number of hydrogen-bond acceptors (Lipinski definition) is 1. The van der Waals surface area contributed by atoms with E-state index in [4.69, 9.17) is 1.37 Å². The summed E-state index contributed by atoms with van der Waals surface area (Å²) in [6.07, 6.45) is 5.08. The van der Waals surface area contributed by atoms with Gasteiger partial charge in [0.2, 0.25) is 0 Å². The number of H-pyrrole nitrogens is 1. The largest absolute Gasteiger partial charge is 0.361 e. The molecule has 2 aromatic rings. The van der Waals surface area contributed by atoms with Crippen molar-refractivity contribution in [2.24, 2.45) is 0 Å². The summed E-state index contributed by atoms with van der Waals surface area (Å²) in [4.78, 5) is 6.84. The first-order chi connectivity index (χ1) is 4.88. The Balaban J connectivity index is 2.95. The third-order valence-electron chi connectivity index (χ3n) is 1.28. The van der Waals surface area contributed by atoms with Gasteiger partial charge < -0.3 is 4.98 Å². The van der Waals surface area contributed by atoms with Crippen LogP contribution in [-0.4, -0.2) is 9.97 Å². The maximum atomic E-state index is 7.39. The lowest BCUT2D eigenvalue weighted by atomic mass is 10.3. The van der Waals surface area contributed by atoms with Crippen molar-refractivity contribution in [3.63, 3.8) is 0 Å². The molecule has 2 heterocycles. The zero-order valence-electron chi connectivity index (χ0n) is 5.76. The zero-order valence-corrected chi connectivity index (χ0v) is 4.76. The third kappa shape index (κ3) is 0.598. The number of hydrogen-bond donors (Lipinski definition) is 1. The predicted octanol–water partition coefficient (Wildman–Crippen LogP) is 1.56. The average molecular weight is 119 g/mol. The zero-order chi connectivity index (χ0) is 6.97. The highest BCUT2D eigenvalue weighted by Gasteiger charge is 1.87. The van der Waals surface area contributed by atoms with Crippen LogP contribution >= 0.6 is 0 Å². The highest BCUT2D eigenvalue weighted by Crippen LogP contribution is 2.07. The van der Waals surface area contributed by atoms with E-state index in [-0.39, 0.29) is 0 Å². The number of aromatic amines is 1. The van der Waals surface area contributed by atoms with Gasteiger partial charge in [-0.15, -0.1) is 0 Å². The Morgan fingerprint density at radius 2 is 2.67 bits per heavy atom. The summed E-state index contributed by atoms with van der Waals surface area (Å²) in [7, 11) is 0. The van der Waals surface area contributed by atoms with Gasteiger partial charge in [0, 0.05) is 29.5 Å². The molecule has 0 atom stereocenters. The molecule has 0 unspecified atom stereocenters. The van der Waals surface area contributed by atoms with E-state index in [9.17, 15) is 0 Å². The summed E-state index contributed by atoms with van der Waals surface area (Å²) < 4.78 is 7.39. The summed E-state index contributed by atoms with van der Waals surface area (Å²) in [5.41, 5.74) is 0.856. The molecule has 44 valence electrons. The normalized spacial score (nSPS) is 11.8. The van der Waals surface area contributed by atoms with Crippen molar-refractivity contribution in [3.05, 3.63) is 30.7 Å². The van der Waals surface area contributed by atoms with Crippen LogP contribution in [0.15, 0.2) is 30.7 Å². The van der Waals surface area contributed by atoms with Crippen LogP contribution in [0.1, 0.15) is 1.37 Å². The van der Waals surface area contributed by atoms with Gasteiger partial charge in [0.1, 0.15) is 0 Å². The first kappa shape index (κ1) is 3.67. The number of nitrogens with one attached hydrogen (secondary N) is 1. The number of pyridine rings is 1. The molecule has 0 saturated heterocycles. The van der Waals surface area contributed by atoms with E-state index in [0.29, 0.717) is 6.04 Å². The summed E-state index contributed by atoms with van der Waals surface area (Å²) >= 11 is 0. The Morgan fingerprint density at radius 1 is 1.67 bits per heavy atom. The van der Waals surface area contributed by atoms with Crippen LogP contribution in [0, 0.1) is 0 Å². The van der Waals surface area contributed by atoms with Crippen LogP contribution in [0.25, 0.3) is 10.9 Å². The molecular formula is C7H6N2. The van der Waals surface area contributed by atoms with Crippen LogP contribution in [0.4, 0.5) is 0 Å². The predicted molar refractivity (Wildman–Crippen MR) is 36.1 cm³/mol. The van der Waals surface area contributed by atoms with Gasteiger partial charge in [-0.25, -0.2) is 0 Å². The Labute approximate surface area is 53.9 Å². The van der Waals surface area contributed by atoms with Gasteiger partial charge in [-0.1, -0.05) is 0 Å². The van der Waals surface area contributed by atoms with E-state index in [1.807, 2.05) is 12.3 Å². The van der Waals surface area contributed by atoms with Crippen molar-refractivity contribution in [1.82, 2.24) is 9.97 Å². The maximum Gasteiger partial charge on any atom is 0.0661 e. The lowest BCUT2D eigenvalue weighted by Crippen LogP contribution is -1.67. The van der Waals surface area contributed by atoms with Crippen LogP contribution in [0.3, 0.4) is 0 Å². The molecule has 0 spiro atoms. The lowest BCUT2D eigenvalue weighted by Gasteiger charge is -1.82. The fourth-order valence-corrected chi connectivity index (χ4v) is 0.833. The van der Waals surface area contributed by atoms with Gasteiger partial charge in [0.25, 0.3) is 0 Å². The molecule has 0 saturated carbocycles. The van der Waals surface area contributed by atoms with Crippen molar-refractivity contribution in [3.8, 4) is 0 Å². The van der Waals surface area contributed by atoms with Crippen molar-refractivity contribution < 1.29 is 1.37 Å². The van der Waals surface area contributed by atoms with E-state index >= 15 is 0 Å². The van der Waals surface area contributed by atoms with E-state index in [0.717, 1.165) is 10.9 Å². The van der Waals surface area contributed by atoms with E-state index in [1.165, 1.54) is 6.20 Å². The van der Waals surface area contributed by atoms with Gasteiger partial charge >= 0.3 is 0 Å². The molecule has 9 heavy (non-hydrogen) atoms. The number of fused-ring (bicyclic) bond motifs is 1. The molecule has 2 aromatic heterocycles. The summed E-state index contributed by atoms with van der Waals surface area (Å²) in [5.74, 6) is 0. The Bertz CT molecular complexity index is 353. The molecule has 2 heteroatoms. The summed E-state index contributed by atoms with van der Waals surface area (Å²) in [5, 5.41) is 0.993. The second-order valence-corrected chi connectivity index (χ2v) is 1.86. The van der Waals surface area contributed by atoms with Gasteiger partial charge in [-0.3, -0.25) is 4.98 Å². The minimum Gasteiger partial charge on any atom is -0.361 e. The molecule has 0 amide bonds. The molecule has 1 N–H and O–H groups in total. The minimum absolute atomic E-state index is 0.447. The van der Waals surface area contributed by atoms with E-state index < -0.39 is 0 Å². The third-order valence-corrected chi connectivity index (χ3v) is 1.28. The summed E-state index contributed by atoms with van der Waals surface area (Å²) in [6, 6.07) is 2.35. The topological polar surface area (TPSA) is 28.7 Å². The standard InChI is InChI=1S/C7H6N2/c1-4-9-7-2-3-8-5-6(1)7/h1-5,9H/i2D. The highest BCUT2D eigenvalue weighted by molar-refractivity contribution is 5.77. The van der Waals surface area contributed by atoms with Crippen molar-refractivity contribution in [2.45, 2.75) is 0 Å². The molecule has 0 aliphatic heterocycles. The van der Waals surface area contributed by atoms with Crippen molar-refractivity contribution >= 4 is 10.9 Å². The number of aromatic nitrogens is 2. The molecule has 0 aliphatic carbocycles. The Morgan fingerprint density at radius 3 is 3.56 bits per heavy atom. The van der Waals surface area contributed by atoms with E-state index in [2.05, 4.69) is 9.97 Å². The van der Waals surface area contributed by atoms with Crippen LogP contribution < -0.4 is 0 Å². The van der Waals surface area contributed by atoms with Crippen LogP contribution in [0.2, 0.25) is 0 Å². The van der Waals surface area contributed by atoms with Gasteiger partial charge in [-0.05, 0) is 12.1 Å².